The molecule has 2 saturated heterocycles. The van der Waals surface area contributed by atoms with Crippen LogP contribution in [-0.2, 0) is 19.4 Å². The molecule has 2 aliphatic heterocycles. The third-order valence-electron chi connectivity index (χ3n) is 5.44. The lowest BCUT2D eigenvalue weighted by atomic mass is 9.47. The first-order valence-corrected chi connectivity index (χ1v) is 8.92. The van der Waals surface area contributed by atoms with Crippen molar-refractivity contribution >= 4 is 15.7 Å². The third kappa shape index (κ3) is 1.69. The maximum Gasteiger partial charge on any atom is 0.243 e. The summed E-state index contributed by atoms with van der Waals surface area (Å²) in [4.78, 5) is 14.4. The van der Waals surface area contributed by atoms with Crippen molar-refractivity contribution in [2.45, 2.75) is 31.9 Å². The number of ether oxygens (including phenoxy) is 1. The molecule has 2 heterocycles. The van der Waals surface area contributed by atoms with Crippen molar-refractivity contribution in [1.29, 1.82) is 0 Å². The number of amides is 1. The van der Waals surface area contributed by atoms with E-state index < -0.39 is 20.8 Å². The topological polar surface area (TPSA) is 89.7 Å². The van der Waals surface area contributed by atoms with Crippen LogP contribution in [0.25, 0.3) is 0 Å². The zero-order valence-electron chi connectivity index (χ0n) is 12.0. The SMILES string of the molecule is CC1(C)C2OCCC2C1(N)C(=O)N1CCS(=O)(=O)CC1. The van der Waals surface area contributed by atoms with Gasteiger partial charge in [0.1, 0.15) is 5.54 Å². The molecule has 0 aromatic carbocycles. The van der Waals surface area contributed by atoms with Crippen LogP contribution in [0.5, 0.6) is 0 Å². The van der Waals surface area contributed by atoms with E-state index in [0.717, 1.165) is 6.42 Å². The van der Waals surface area contributed by atoms with Crippen molar-refractivity contribution in [3.8, 4) is 0 Å². The highest BCUT2D eigenvalue weighted by Crippen LogP contribution is 2.58. The molecule has 0 radical (unpaired) electrons. The second-order valence-electron chi connectivity index (χ2n) is 6.72. The Balaban J connectivity index is 1.80. The smallest absolute Gasteiger partial charge is 0.243 e. The van der Waals surface area contributed by atoms with Gasteiger partial charge in [0.15, 0.2) is 9.84 Å². The summed E-state index contributed by atoms with van der Waals surface area (Å²) in [6.07, 6.45) is 0.854. The van der Waals surface area contributed by atoms with Crippen molar-refractivity contribution < 1.29 is 17.9 Å². The summed E-state index contributed by atoms with van der Waals surface area (Å²) >= 11 is 0. The summed E-state index contributed by atoms with van der Waals surface area (Å²) in [5.41, 5.74) is 5.16. The maximum absolute atomic E-state index is 12.8. The van der Waals surface area contributed by atoms with Crippen molar-refractivity contribution in [3.05, 3.63) is 0 Å². The highest BCUT2D eigenvalue weighted by Gasteiger charge is 2.71. The number of hydrogen-bond acceptors (Lipinski definition) is 5. The monoisotopic (exact) mass is 302 g/mol. The number of sulfone groups is 1. The van der Waals surface area contributed by atoms with Crippen molar-refractivity contribution in [1.82, 2.24) is 4.90 Å². The minimum atomic E-state index is -2.99. The first-order valence-electron chi connectivity index (χ1n) is 7.10. The number of nitrogens with two attached hydrogens (primary N) is 1. The van der Waals surface area contributed by atoms with Crippen molar-refractivity contribution in [2.24, 2.45) is 17.1 Å². The zero-order chi connectivity index (χ0) is 14.8. The van der Waals surface area contributed by atoms with E-state index in [2.05, 4.69) is 0 Å². The zero-order valence-corrected chi connectivity index (χ0v) is 12.8. The molecule has 1 saturated carbocycles. The molecule has 0 aromatic rings. The van der Waals surface area contributed by atoms with Crippen LogP contribution < -0.4 is 5.73 Å². The van der Waals surface area contributed by atoms with Crippen LogP contribution in [0.2, 0.25) is 0 Å². The standard InChI is InChI=1S/C13H22N2O4S/c1-12(2)10-9(3-6-19-10)13(12,14)11(16)15-4-7-20(17,18)8-5-15/h9-10H,3-8,14H2,1-2H3. The van der Waals surface area contributed by atoms with Crippen LogP contribution >= 0.6 is 0 Å². The van der Waals surface area contributed by atoms with E-state index in [9.17, 15) is 13.2 Å². The lowest BCUT2D eigenvalue weighted by molar-refractivity contribution is -0.184. The van der Waals surface area contributed by atoms with Gasteiger partial charge in [0.2, 0.25) is 5.91 Å². The summed E-state index contributed by atoms with van der Waals surface area (Å²) in [5, 5.41) is 0. The second-order valence-corrected chi connectivity index (χ2v) is 9.02. The van der Waals surface area contributed by atoms with Crippen LogP contribution in [0.1, 0.15) is 20.3 Å². The van der Waals surface area contributed by atoms with Crippen LogP contribution in [0.15, 0.2) is 0 Å². The van der Waals surface area contributed by atoms with Crippen LogP contribution in [0, 0.1) is 11.3 Å². The Hall–Kier alpha value is -0.660. The van der Waals surface area contributed by atoms with Gasteiger partial charge >= 0.3 is 0 Å². The first kappa shape index (κ1) is 14.3. The molecule has 0 aromatic heterocycles. The Labute approximate surface area is 119 Å². The van der Waals surface area contributed by atoms with E-state index in [1.165, 1.54) is 0 Å². The molecule has 3 atom stereocenters. The Morgan fingerprint density at radius 1 is 1.30 bits per heavy atom. The number of nitrogens with zero attached hydrogens (tertiary/aromatic N) is 1. The molecule has 0 spiro atoms. The van der Waals surface area contributed by atoms with Gasteiger partial charge in [-0.1, -0.05) is 13.8 Å². The predicted octanol–water partition coefficient (Wildman–Crippen LogP) is -0.614. The normalized spacial score (nSPS) is 41.9. The molecule has 0 bridgehead atoms. The quantitative estimate of drug-likeness (QED) is 0.697. The summed E-state index contributed by atoms with van der Waals surface area (Å²) in [6.45, 7) is 5.11. The molecule has 7 heteroatoms. The Morgan fingerprint density at radius 2 is 1.90 bits per heavy atom. The van der Waals surface area contributed by atoms with Crippen molar-refractivity contribution in [3.63, 3.8) is 0 Å². The number of carbonyl (C=O) groups excluding carboxylic acids is 1. The molecule has 3 rings (SSSR count). The molecule has 6 nitrogen and oxygen atoms in total. The van der Waals surface area contributed by atoms with E-state index >= 15 is 0 Å². The fourth-order valence-corrected chi connectivity index (χ4v) is 5.20. The summed E-state index contributed by atoms with van der Waals surface area (Å²) in [6, 6.07) is 0. The Morgan fingerprint density at radius 3 is 2.50 bits per heavy atom. The van der Waals surface area contributed by atoms with E-state index in [4.69, 9.17) is 10.5 Å². The molecule has 114 valence electrons. The summed E-state index contributed by atoms with van der Waals surface area (Å²) < 4.78 is 28.6. The van der Waals surface area contributed by atoms with Gasteiger partial charge in [-0.05, 0) is 6.42 Å². The van der Waals surface area contributed by atoms with Gasteiger partial charge in [0, 0.05) is 31.0 Å². The summed E-state index contributed by atoms with van der Waals surface area (Å²) in [5.74, 6) is 0.0346. The molecular formula is C13H22N2O4S. The molecule has 1 amide bonds. The summed E-state index contributed by atoms with van der Waals surface area (Å²) in [7, 11) is -2.99. The van der Waals surface area contributed by atoms with Crippen LogP contribution in [0.4, 0.5) is 0 Å². The average molecular weight is 302 g/mol. The minimum Gasteiger partial charge on any atom is -0.377 e. The van der Waals surface area contributed by atoms with Gasteiger partial charge in [-0.25, -0.2) is 8.42 Å². The van der Waals surface area contributed by atoms with Gasteiger partial charge in [0.05, 0.1) is 17.6 Å². The van der Waals surface area contributed by atoms with E-state index in [1.54, 1.807) is 4.90 Å². The Kier molecular flexibility index (Phi) is 2.98. The van der Waals surface area contributed by atoms with Gasteiger partial charge in [0.25, 0.3) is 0 Å². The lowest BCUT2D eigenvalue weighted by Crippen LogP contribution is -2.80. The highest BCUT2D eigenvalue weighted by atomic mass is 32.2. The van der Waals surface area contributed by atoms with E-state index in [1.807, 2.05) is 13.8 Å². The average Bonchev–Trinajstić information content (AvgIpc) is 2.85. The van der Waals surface area contributed by atoms with Gasteiger partial charge in [-0.2, -0.15) is 0 Å². The highest BCUT2D eigenvalue weighted by molar-refractivity contribution is 7.91. The van der Waals surface area contributed by atoms with Gasteiger partial charge in [-0.15, -0.1) is 0 Å². The van der Waals surface area contributed by atoms with Gasteiger partial charge < -0.3 is 15.4 Å². The maximum atomic E-state index is 12.8. The molecule has 1 aliphatic carbocycles. The first-order chi connectivity index (χ1) is 9.20. The molecule has 3 unspecified atom stereocenters. The van der Waals surface area contributed by atoms with E-state index in [0.29, 0.717) is 6.61 Å². The molecule has 20 heavy (non-hydrogen) atoms. The van der Waals surface area contributed by atoms with Crippen molar-refractivity contribution in [2.75, 3.05) is 31.2 Å². The minimum absolute atomic E-state index is 0.0415. The third-order valence-corrected chi connectivity index (χ3v) is 7.05. The Bertz CT molecular complexity index is 531. The fourth-order valence-electron chi connectivity index (χ4n) is 4.00. The van der Waals surface area contributed by atoms with E-state index in [-0.39, 0.29) is 42.5 Å². The number of fused-ring (bicyclic) bond motifs is 1. The van der Waals surface area contributed by atoms with Crippen LogP contribution in [-0.4, -0.2) is 62.1 Å². The number of hydrogen-bond donors (Lipinski definition) is 1. The molecule has 2 N–H and O–H groups in total. The predicted molar refractivity (Wildman–Crippen MR) is 73.8 cm³/mol. The molecular weight excluding hydrogens is 280 g/mol. The second kappa shape index (κ2) is 4.18. The van der Waals surface area contributed by atoms with Gasteiger partial charge in [-0.3, -0.25) is 4.79 Å². The van der Waals surface area contributed by atoms with Crippen LogP contribution in [0.3, 0.4) is 0 Å². The number of rotatable bonds is 1. The fraction of sp³-hybridized carbons (Fsp3) is 0.923. The lowest BCUT2D eigenvalue weighted by Gasteiger charge is -2.61. The number of carbonyl (C=O) groups is 1. The largest absolute Gasteiger partial charge is 0.377 e. The molecule has 3 aliphatic rings. The molecule has 3 fully saturated rings.